The molecule has 4 rings (SSSR count). The van der Waals surface area contributed by atoms with Crippen LogP contribution in [0.25, 0.3) is 0 Å². The van der Waals surface area contributed by atoms with Crippen LogP contribution in [-0.4, -0.2) is 66.6 Å². The van der Waals surface area contributed by atoms with Crippen molar-refractivity contribution in [3.8, 4) is 28.7 Å². The fourth-order valence-electron chi connectivity index (χ4n) is 5.77. The Hall–Kier alpha value is -4.18. The van der Waals surface area contributed by atoms with E-state index < -0.39 is 11.9 Å². The molecule has 0 fully saturated rings. The Kier molecular flexibility index (Phi) is 10.6. The van der Waals surface area contributed by atoms with Crippen LogP contribution in [0.15, 0.2) is 52.9 Å². The van der Waals surface area contributed by atoms with Crippen LogP contribution in [0, 0.1) is 0 Å². The van der Waals surface area contributed by atoms with Gasteiger partial charge in [-0.05, 0) is 68.5 Å². The van der Waals surface area contributed by atoms with Gasteiger partial charge in [-0.25, -0.2) is 4.79 Å². The lowest BCUT2D eigenvalue weighted by Gasteiger charge is -2.37. The number of rotatable bonds is 13. The summed E-state index contributed by atoms with van der Waals surface area (Å²) in [6.45, 7) is 7.01. The summed E-state index contributed by atoms with van der Waals surface area (Å²) in [6, 6.07) is 9.33. The molecule has 1 aliphatic heterocycles. The van der Waals surface area contributed by atoms with E-state index in [0.717, 1.165) is 11.3 Å². The largest absolute Gasteiger partial charge is 0.493 e. The van der Waals surface area contributed by atoms with Gasteiger partial charge in [0.05, 0.1) is 47.2 Å². The highest BCUT2D eigenvalue weighted by atomic mass is 16.6. The van der Waals surface area contributed by atoms with Crippen LogP contribution in [0.5, 0.6) is 28.7 Å². The van der Waals surface area contributed by atoms with Crippen molar-refractivity contribution in [2.24, 2.45) is 0 Å². The quantitative estimate of drug-likeness (QED) is 0.249. The maximum absolute atomic E-state index is 14.1. The van der Waals surface area contributed by atoms with Gasteiger partial charge in [0.25, 0.3) is 0 Å². The van der Waals surface area contributed by atoms with E-state index >= 15 is 0 Å². The summed E-state index contributed by atoms with van der Waals surface area (Å²) in [4.78, 5) is 27.7. The third-order valence-electron chi connectivity index (χ3n) is 7.69. The molecule has 0 amide bonds. The highest BCUT2D eigenvalue weighted by molar-refractivity contribution is 6.04. The highest BCUT2D eigenvalue weighted by Gasteiger charge is 2.42. The molecule has 0 saturated heterocycles. The zero-order valence-corrected chi connectivity index (χ0v) is 26.0. The van der Waals surface area contributed by atoms with E-state index in [-0.39, 0.29) is 31.3 Å². The van der Waals surface area contributed by atoms with Crippen molar-refractivity contribution < 1.29 is 42.7 Å². The van der Waals surface area contributed by atoms with Gasteiger partial charge in [0.2, 0.25) is 5.75 Å². The minimum atomic E-state index is -0.715. The molecule has 0 spiro atoms. The first-order valence-corrected chi connectivity index (χ1v) is 14.4. The van der Waals surface area contributed by atoms with Crippen LogP contribution < -0.4 is 29.0 Å². The van der Waals surface area contributed by atoms with Crippen molar-refractivity contribution in [3.63, 3.8) is 0 Å². The van der Waals surface area contributed by atoms with E-state index in [1.807, 2.05) is 39.0 Å². The van der Waals surface area contributed by atoms with E-state index in [1.54, 1.807) is 19.2 Å². The number of ether oxygens (including phenoxy) is 7. The van der Waals surface area contributed by atoms with Crippen molar-refractivity contribution in [2.45, 2.75) is 45.4 Å². The van der Waals surface area contributed by atoms with Gasteiger partial charge in [-0.1, -0.05) is 6.07 Å². The zero-order chi connectivity index (χ0) is 31.1. The number of dihydropyridines is 1. The summed E-state index contributed by atoms with van der Waals surface area (Å²) < 4.78 is 39.0. The standard InChI is InChI=1S/C33H41NO9/c1-8-41-12-13-43-33(36)29-19(3)34-23-14-21(20-10-11-25(42-9-2)26(16-20)37-4)15-24(35)31(23)30(29)22-17-27(38-5)32(40-7)28(18-22)39-6/h10-11,16-18,21,30,34H,8-9,12-15H2,1-7H3/t21-,30+/m0/s1. The number of benzene rings is 2. The third kappa shape index (κ3) is 6.59. The molecule has 2 atom stereocenters. The Morgan fingerprint density at radius 2 is 1.51 bits per heavy atom. The van der Waals surface area contributed by atoms with Crippen molar-refractivity contribution in [2.75, 3.05) is 54.9 Å². The Morgan fingerprint density at radius 1 is 0.837 bits per heavy atom. The molecule has 43 heavy (non-hydrogen) atoms. The molecule has 0 bridgehead atoms. The second kappa shape index (κ2) is 14.3. The number of Topliss-reactive ketones (excluding diaryl/α,β-unsaturated/α-hetero) is 1. The van der Waals surface area contributed by atoms with Crippen LogP contribution in [0.3, 0.4) is 0 Å². The Morgan fingerprint density at radius 3 is 2.12 bits per heavy atom. The summed E-state index contributed by atoms with van der Waals surface area (Å²) in [5.74, 6) is 1.11. The monoisotopic (exact) mass is 595 g/mol. The number of carbonyl (C=O) groups is 2. The molecule has 2 aromatic carbocycles. The van der Waals surface area contributed by atoms with E-state index in [1.165, 1.54) is 21.3 Å². The molecule has 0 unspecified atom stereocenters. The fourth-order valence-corrected chi connectivity index (χ4v) is 5.77. The maximum atomic E-state index is 14.1. The van der Waals surface area contributed by atoms with Crippen molar-refractivity contribution in [1.82, 2.24) is 5.32 Å². The predicted octanol–water partition coefficient (Wildman–Crippen LogP) is 5.06. The molecular weight excluding hydrogens is 554 g/mol. The van der Waals surface area contributed by atoms with E-state index in [2.05, 4.69) is 5.32 Å². The first kappa shape index (κ1) is 31.7. The van der Waals surface area contributed by atoms with Gasteiger partial charge in [0, 0.05) is 35.9 Å². The topological polar surface area (TPSA) is 111 Å². The number of hydrogen-bond donors (Lipinski definition) is 1. The van der Waals surface area contributed by atoms with Crippen LogP contribution in [0.2, 0.25) is 0 Å². The van der Waals surface area contributed by atoms with Gasteiger partial charge in [-0.2, -0.15) is 0 Å². The third-order valence-corrected chi connectivity index (χ3v) is 7.69. The van der Waals surface area contributed by atoms with Crippen molar-refractivity contribution >= 4 is 11.8 Å². The minimum Gasteiger partial charge on any atom is -0.493 e. The number of nitrogens with one attached hydrogen (secondary N) is 1. The first-order chi connectivity index (χ1) is 20.8. The lowest BCUT2D eigenvalue weighted by atomic mass is 9.71. The number of hydrogen-bond acceptors (Lipinski definition) is 10. The fraction of sp³-hybridized carbons (Fsp3) is 0.455. The molecule has 1 N–H and O–H groups in total. The molecule has 1 heterocycles. The van der Waals surface area contributed by atoms with Gasteiger partial charge in [0.1, 0.15) is 6.61 Å². The molecule has 1 aliphatic carbocycles. The summed E-state index contributed by atoms with van der Waals surface area (Å²) in [6.07, 6.45) is 0.813. The van der Waals surface area contributed by atoms with E-state index in [0.29, 0.717) is 70.8 Å². The predicted molar refractivity (Wildman–Crippen MR) is 160 cm³/mol. The summed E-state index contributed by atoms with van der Waals surface area (Å²) in [7, 11) is 6.18. The lowest BCUT2D eigenvalue weighted by Crippen LogP contribution is -2.36. The second-order valence-electron chi connectivity index (χ2n) is 10.2. The maximum Gasteiger partial charge on any atom is 0.336 e. The molecule has 10 nitrogen and oxygen atoms in total. The zero-order valence-electron chi connectivity index (χ0n) is 26.0. The van der Waals surface area contributed by atoms with Crippen molar-refractivity contribution in [1.29, 1.82) is 0 Å². The average Bonchev–Trinajstić information content (AvgIpc) is 3.01. The molecule has 0 radical (unpaired) electrons. The van der Waals surface area contributed by atoms with E-state index in [9.17, 15) is 9.59 Å². The number of ketones is 1. The normalized spacial score (nSPS) is 18.1. The van der Waals surface area contributed by atoms with Gasteiger partial charge in [-0.3, -0.25) is 4.79 Å². The molecule has 0 aromatic heterocycles. The number of carbonyl (C=O) groups excluding carboxylic acids is 2. The first-order valence-electron chi connectivity index (χ1n) is 14.4. The smallest absolute Gasteiger partial charge is 0.336 e. The van der Waals surface area contributed by atoms with Gasteiger partial charge in [0.15, 0.2) is 28.8 Å². The minimum absolute atomic E-state index is 0.0718. The lowest BCUT2D eigenvalue weighted by molar-refractivity contribution is -0.140. The van der Waals surface area contributed by atoms with Gasteiger partial charge in [-0.15, -0.1) is 0 Å². The molecule has 0 saturated carbocycles. The molecule has 10 heteroatoms. The van der Waals surface area contributed by atoms with E-state index in [4.69, 9.17) is 33.2 Å². The number of methoxy groups -OCH3 is 4. The Bertz CT molecular complexity index is 1390. The molecule has 2 aromatic rings. The van der Waals surface area contributed by atoms with Crippen LogP contribution in [-0.2, 0) is 19.1 Å². The summed E-state index contributed by atoms with van der Waals surface area (Å²) in [5.41, 5.74) is 3.85. The molecular formula is C33H41NO9. The van der Waals surface area contributed by atoms with Crippen LogP contribution >= 0.6 is 0 Å². The Labute approximate surface area is 252 Å². The van der Waals surface area contributed by atoms with Gasteiger partial charge >= 0.3 is 5.97 Å². The van der Waals surface area contributed by atoms with Crippen LogP contribution in [0.4, 0.5) is 0 Å². The summed E-state index contributed by atoms with van der Waals surface area (Å²) in [5, 5.41) is 3.38. The Balaban J connectivity index is 1.80. The van der Waals surface area contributed by atoms with Crippen LogP contribution in [0.1, 0.15) is 56.6 Å². The SMILES string of the molecule is CCOCCOC(=O)C1=C(C)NC2=C(C(=O)C[C@@H](c3ccc(OCC)c(OC)c3)C2)[C@@H]1c1cc(OC)c(OC)c(OC)c1. The van der Waals surface area contributed by atoms with Crippen molar-refractivity contribution in [3.05, 3.63) is 64.0 Å². The highest BCUT2D eigenvalue weighted by Crippen LogP contribution is 2.49. The number of allylic oxidation sites excluding steroid dienone is 3. The van der Waals surface area contributed by atoms with Gasteiger partial charge < -0.3 is 38.5 Å². The summed E-state index contributed by atoms with van der Waals surface area (Å²) >= 11 is 0. The number of esters is 1. The molecule has 2 aliphatic rings. The second-order valence-corrected chi connectivity index (χ2v) is 10.2. The average molecular weight is 596 g/mol. The molecule has 232 valence electrons.